The molecule has 0 fully saturated rings. The van der Waals surface area contributed by atoms with Crippen molar-refractivity contribution in [2.24, 2.45) is 0 Å². The first-order valence-corrected chi connectivity index (χ1v) is 9.47. The summed E-state index contributed by atoms with van der Waals surface area (Å²) in [7, 11) is 1.37. The number of nitrogens with one attached hydrogen (secondary N) is 2. The summed E-state index contributed by atoms with van der Waals surface area (Å²) in [5.41, 5.74) is 1.86. The molecular weight excluding hydrogens is 374 g/mol. The van der Waals surface area contributed by atoms with Gasteiger partial charge >= 0.3 is 5.97 Å². The Morgan fingerprint density at radius 3 is 2.69 bits per heavy atom. The molecule has 0 saturated carbocycles. The molecule has 2 N–H and O–H groups in total. The summed E-state index contributed by atoms with van der Waals surface area (Å²) in [6, 6.07) is 8.35. The number of esters is 1. The van der Waals surface area contributed by atoms with Gasteiger partial charge in [0.2, 0.25) is 0 Å². The summed E-state index contributed by atoms with van der Waals surface area (Å²) < 4.78 is 4.61. The standard InChI is InChI=1S/C21H23N3O5/c1-13-7-6-8-14-19(13)23-20-16(24(27)28)11-10-15(18(20)21(14)26)22-12-5-3-4-9-17(25)29-2/h6-8,10-11,22H,3-5,9,12H2,1-2H3,(H,23,26). The number of carbonyl (C=O) groups is 1. The molecule has 0 aliphatic carbocycles. The number of hydrogen-bond donors (Lipinski definition) is 2. The molecule has 152 valence electrons. The number of aryl methyl sites for hydroxylation is 1. The number of anilines is 1. The maximum absolute atomic E-state index is 13.1. The van der Waals surface area contributed by atoms with E-state index in [-0.39, 0.29) is 28.0 Å². The highest BCUT2D eigenvalue weighted by molar-refractivity contribution is 6.03. The van der Waals surface area contributed by atoms with Crippen LogP contribution < -0.4 is 10.7 Å². The van der Waals surface area contributed by atoms with Gasteiger partial charge in [0, 0.05) is 30.1 Å². The van der Waals surface area contributed by atoms with E-state index in [9.17, 15) is 19.7 Å². The first kappa shape index (κ1) is 20.3. The van der Waals surface area contributed by atoms with Crippen molar-refractivity contribution in [1.29, 1.82) is 0 Å². The topological polar surface area (TPSA) is 114 Å². The summed E-state index contributed by atoms with van der Waals surface area (Å²) in [5.74, 6) is -0.229. The Morgan fingerprint density at radius 1 is 1.17 bits per heavy atom. The first-order chi connectivity index (χ1) is 13.9. The van der Waals surface area contributed by atoms with Gasteiger partial charge in [-0.3, -0.25) is 19.7 Å². The van der Waals surface area contributed by atoms with Crippen molar-refractivity contribution in [3.05, 3.63) is 56.2 Å². The Balaban J connectivity index is 1.92. The summed E-state index contributed by atoms with van der Waals surface area (Å²) in [6.07, 6.45) is 2.72. The number of nitrogens with zero attached hydrogens (tertiary/aromatic N) is 1. The van der Waals surface area contributed by atoms with Crippen LogP contribution >= 0.6 is 0 Å². The minimum atomic E-state index is -0.487. The molecule has 1 aromatic heterocycles. The Morgan fingerprint density at radius 2 is 1.97 bits per heavy atom. The molecule has 3 aromatic rings. The molecule has 2 aromatic carbocycles. The van der Waals surface area contributed by atoms with Crippen LogP contribution in [0.25, 0.3) is 21.8 Å². The fraction of sp³-hybridized carbons (Fsp3) is 0.333. The number of ether oxygens (including phenoxy) is 1. The fourth-order valence-electron chi connectivity index (χ4n) is 3.43. The van der Waals surface area contributed by atoms with Gasteiger partial charge in [0.25, 0.3) is 5.69 Å². The molecule has 29 heavy (non-hydrogen) atoms. The van der Waals surface area contributed by atoms with Crippen molar-refractivity contribution in [1.82, 2.24) is 4.98 Å². The van der Waals surface area contributed by atoms with Gasteiger partial charge in [-0.05, 0) is 37.5 Å². The molecule has 8 heteroatoms. The number of aromatic amines is 1. The second-order valence-corrected chi connectivity index (χ2v) is 6.90. The average molecular weight is 397 g/mol. The normalized spacial score (nSPS) is 11.0. The lowest BCUT2D eigenvalue weighted by Gasteiger charge is -2.12. The number of nitro groups is 1. The largest absolute Gasteiger partial charge is 0.469 e. The van der Waals surface area contributed by atoms with E-state index in [1.54, 1.807) is 18.2 Å². The lowest BCUT2D eigenvalue weighted by Crippen LogP contribution is -2.11. The zero-order valence-electron chi connectivity index (χ0n) is 16.4. The highest BCUT2D eigenvalue weighted by atomic mass is 16.6. The van der Waals surface area contributed by atoms with Gasteiger partial charge in [0.15, 0.2) is 5.43 Å². The van der Waals surface area contributed by atoms with Crippen LogP contribution in [0.15, 0.2) is 35.1 Å². The van der Waals surface area contributed by atoms with Gasteiger partial charge in [-0.1, -0.05) is 18.6 Å². The molecule has 0 amide bonds. The number of pyridine rings is 1. The Bertz CT molecular complexity index is 1140. The summed E-state index contributed by atoms with van der Waals surface area (Å²) in [4.78, 5) is 38.4. The third-order valence-corrected chi connectivity index (χ3v) is 4.98. The van der Waals surface area contributed by atoms with Crippen LogP contribution in [0, 0.1) is 17.0 Å². The molecule has 0 saturated heterocycles. The SMILES string of the molecule is COC(=O)CCCCCNc1ccc([N+](=O)[O-])c2[nH]c3c(C)cccc3c(=O)c12. The Labute approximate surface area is 167 Å². The van der Waals surface area contributed by atoms with Crippen molar-refractivity contribution in [3.63, 3.8) is 0 Å². The number of fused-ring (bicyclic) bond motifs is 2. The number of aromatic nitrogens is 1. The van der Waals surface area contributed by atoms with Gasteiger partial charge in [-0.25, -0.2) is 0 Å². The van der Waals surface area contributed by atoms with Crippen LogP contribution in [-0.4, -0.2) is 29.5 Å². The van der Waals surface area contributed by atoms with Crippen LogP contribution in [0.3, 0.4) is 0 Å². The predicted octanol–water partition coefficient (Wildman–Crippen LogP) is 4.04. The molecule has 0 aliphatic heterocycles. The number of unbranched alkanes of at least 4 members (excludes halogenated alkanes) is 2. The molecule has 0 spiro atoms. The van der Waals surface area contributed by atoms with Crippen molar-refractivity contribution < 1.29 is 14.5 Å². The van der Waals surface area contributed by atoms with Gasteiger partial charge < -0.3 is 15.0 Å². The van der Waals surface area contributed by atoms with E-state index in [2.05, 4.69) is 15.0 Å². The summed E-state index contributed by atoms with van der Waals surface area (Å²) in [6.45, 7) is 2.44. The van der Waals surface area contributed by atoms with Gasteiger partial charge in [0.05, 0.1) is 22.9 Å². The first-order valence-electron chi connectivity index (χ1n) is 9.47. The molecule has 3 rings (SSSR count). The quantitative estimate of drug-likeness (QED) is 0.195. The lowest BCUT2D eigenvalue weighted by molar-refractivity contribution is -0.383. The van der Waals surface area contributed by atoms with Crippen molar-refractivity contribution in [2.75, 3.05) is 19.0 Å². The molecule has 0 unspecified atom stereocenters. The number of hydrogen-bond acceptors (Lipinski definition) is 6. The Hall–Kier alpha value is -3.42. The monoisotopic (exact) mass is 397 g/mol. The second-order valence-electron chi connectivity index (χ2n) is 6.90. The van der Waals surface area contributed by atoms with E-state index >= 15 is 0 Å². The van der Waals surface area contributed by atoms with Crippen LogP contribution in [-0.2, 0) is 9.53 Å². The molecule has 8 nitrogen and oxygen atoms in total. The van der Waals surface area contributed by atoms with E-state index in [4.69, 9.17) is 0 Å². The molecule has 0 atom stereocenters. The Kier molecular flexibility index (Phi) is 6.11. The molecule has 1 heterocycles. The number of para-hydroxylation sites is 1. The summed E-state index contributed by atoms with van der Waals surface area (Å²) in [5, 5.41) is 15.5. The van der Waals surface area contributed by atoms with E-state index in [0.29, 0.717) is 29.6 Å². The maximum atomic E-state index is 13.1. The fourth-order valence-corrected chi connectivity index (χ4v) is 3.43. The number of carbonyl (C=O) groups excluding carboxylic acids is 1. The zero-order chi connectivity index (χ0) is 21.0. The third-order valence-electron chi connectivity index (χ3n) is 4.98. The number of nitro benzene ring substituents is 1. The molecule has 0 aliphatic rings. The average Bonchev–Trinajstić information content (AvgIpc) is 2.70. The highest BCUT2D eigenvalue weighted by Gasteiger charge is 2.19. The van der Waals surface area contributed by atoms with Gasteiger partial charge in [0.1, 0.15) is 5.52 Å². The van der Waals surface area contributed by atoms with E-state index in [1.165, 1.54) is 13.2 Å². The number of benzene rings is 2. The van der Waals surface area contributed by atoms with Gasteiger partial charge in [-0.2, -0.15) is 0 Å². The number of rotatable bonds is 8. The predicted molar refractivity (Wildman–Crippen MR) is 112 cm³/mol. The summed E-state index contributed by atoms with van der Waals surface area (Å²) >= 11 is 0. The minimum absolute atomic E-state index is 0.133. The third kappa shape index (κ3) is 4.21. The van der Waals surface area contributed by atoms with Crippen LogP contribution in [0.1, 0.15) is 31.2 Å². The van der Waals surface area contributed by atoms with Crippen LogP contribution in [0.2, 0.25) is 0 Å². The lowest BCUT2D eigenvalue weighted by atomic mass is 10.0. The van der Waals surface area contributed by atoms with E-state index in [1.807, 2.05) is 13.0 Å². The molecular formula is C21H23N3O5. The van der Waals surface area contributed by atoms with Gasteiger partial charge in [-0.15, -0.1) is 0 Å². The molecule has 0 bridgehead atoms. The number of methoxy groups -OCH3 is 1. The van der Waals surface area contributed by atoms with E-state index in [0.717, 1.165) is 24.8 Å². The van der Waals surface area contributed by atoms with Crippen LogP contribution in [0.5, 0.6) is 0 Å². The van der Waals surface area contributed by atoms with Crippen molar-refractivity contribution in [2.45, 2.75) is 32.6 Å². The van der Waals surface area contributed by atoms with E-state index < -0.39 is 4.92 Å². The smallest absolute Gasteiger partial charge is 0.305 e. The zero-order valence-corrected chi connectivity index (χ0v) is 16.4. The number of non-ortho nitro benzene ring substituents is 1. The number of H-pyrrole nitrogens is 1. The maximum Gasteiger partial charge on any atom is 0.305 e. The second kappa shape index (κ2) is 8.72. The van der Waals surface area contributed by atoms with Crippen LogP contribution in [0.4, 0.5) is 11.4 Å². The van der Waals surface area contributed by atoms with Crippen molar-refractivity contribution in [3.8, 4) is 0 Å². The minimum Gasteiger partial charge on any atom is -0.469 e. The molecule has 0 radical (unpaired) electrons. The van der Waals surface area contributed by atoms with Crippen molar-refractivity contribution >= 4 is 39.1 Å². The highest BCUT2D eigenvalue weighted by Crippen LogP contribution is 2.30.